The van der Waals surface area contributed by atoms with Crippen molar-refractivity contribution in [3.05, 3.63) is 89.0 Å². The molecule has 0 unspecified atom stereocenters. The van der Waals surface area contributed by atoms with Crippen LogP contribution in [-0.4, -0.2) is 28.8 Å². The predicted octanol–water partition coefficient (Wildman–Crippen LogP) is 2.43. The van der Waals surface area contributed by atoms with Gasteiger partial charge in [-0.05, 0) is 42.0 Å². The second kappa shape index (κ2) is 8.37. The number of fused-ring (bicyclic) bond motifs is 1. The normalized spacial score (nSPS) is 11.8. The number of aromatic nitrogens is 3. The van der Waals surface area contributed by atoms with Crippen LogP contribution in [0.1, 0.15) is 16.8 Å². The number of ether oxygens (including phenoxy) is 2. The van der Waals surface area contributed by atoms with Crippen LogP contribution in [0.5, 0.6) is 11.5 Å². The van der Waals surface area contributed by atoms with E-state index in [4.69, 9.17) is 9.47 Å². The van der Waals surface area contributed by atoms with E-state index in [1.54, 1.807) is 38.5 Å². The lowest BCUT2D eigenvalue weighted by Crippen LogP contribution is -2.28. The van der Waals surface area contributed by atoms with E-state index in [0.717, 1.165) is 32.7 Å². The van der Waals surface area contributed by atoms with Crippen molar-refractivity contribution < 1.29 is 9.47 Å². The Bertz CT molecular complexity index is 1400. The van der Waals surface area contributed by atoms with Crippen LogP contribution in [0.25, 0.3) is 11.0 Å². The molecule has 0 aliphatic rings. The average molecular weight is 486 g/mol. The Hall–Kier alpha value is -3.04. The molecule has 0 atom stereocenters. The van der Waals surface area contributed by atoms with Gasteiger partial charge in [0.05, 0.1) is 18.8 Å². The van der Waals surface area contributed by atoms with E-state index in [0.29, 0.717) is 10.3 Å². The third-order valence-corrected chi connectivity index (χ3v) is 5.91. The molecule has 30 heavy (non-hydrogen) atoms. The molecule has 0 aliphatic carbocycles. The summed E-state index contributed by atoms with van der Waals surface area (Å²) in [5.41, 5.74) is 1.03. The minimum absolute atomic E-state index is 0.208. The fraction of sp³-hybridized carbons (Fsp3) is 0.143. The van der Waals surface area contributed by atoms with Gasteiger partial charge in [0, 0.05) is 16.5 Å². The van der Waals surface area contributed by atoms with E-state index in [-0.39, 0.29) is 22.6 Å². The second-order valence-electron chi connectivity index (χ2n) is 6.38. The Morgan fingerprint density at radius 2 is 1.87 bits per heavy atom. The molecule has 0 bridgehead atoms. The van der Waals surface area contributed by atoms with Gasteiger partial charge in [-0.25, -0.2) is 0 Å². The first-order valence-electron chi connectivity index (χ1n) is 8.89. The molecule has 0 amide bonds. The fourth-order valence-electron chi connectivity index (χ4n) is 2.95. The summed E-state index contributed by atoms with van der Waals surface area (Å²) in [4.78, 5) is 29.6. The zero-order chi connectivity index (χ0) is 21.3. The first kappa shape index (κ1) is 20.2. The maximum absolute atomic E-state index is 12.9. The number of benzene rings is 2. The number of halogens is 1. The number of methoxy groups -OCH3 is 2. The van der Waals surface area contributed by atoms with Crippen molar-refractivity contribution in [2.45, 2.75) is 6.42 Å². The molecule has 0 aliphatic heterocycles. The highest BCUT2D eigenvalue weighted by Gasteiger charge is 2.12. The summed E-state index contributed by atoms with van der Waals surface area (Å²) in [6, 6.07) is 12.8. The lowest BCUT2D eigenvalue weighted by atomic mass is 10.1. The molecular weight excluding hydrogens is 470 g/mol. The first-order chi connectivity index (χ1) is 14.5. The van der Waals surface area contributed by atoms with E-state index >= 15 is 0 Å². The van der Waals surface area contributed by atoms with Gasteiger partial charge < -0.3 is 9.47 Å². The van der Waals surface area contributed by atoms with E-state index in [1.165, 1.54) is 4.52 Å². The van der Waals surface area contributed by atoms with Gasteiger partial charge in [-0.15, -0.1) is 0 Å². The van der Waals surface area contributed by atoms with E-state index in [9.17, 15) is 9.59 Å². The Morgan fingerprint density at radius 1 is 1.10 bits per heavy atom. The van der Waals surface area contributed by atoms with Gasteiger partial charge in [0.1, 0.15) is 17.2 Å². The van der Waals surface area contributed by atoms with Crippen LogP contribution in [0.15, 0.2) is 56.5 Å². The molecule has 2 aromatic heterocycles. The van der Waals surface area contributed by atoms with Crippen molar-refractivity contribution >= 4 is 38.3 Å². The molecule has 152 valence electrons. The SMILES string of the molecule is COc1ccc(Cc2nn3c(=O)c(=Cc4cc(Br)ccc4OC)sc3nc2=O)cc1. The third kappa shape index (κ3) is 3.99. The molecule has 4 aromatic rings. The van der Waals surface area contributed by atoms with Crippen molar-refractivity contribution in [3.8, 4) is 11.5 Å². The molecular formula is C21H16BrN3O4S. The van der Waals surface area contributed by atoms with Crippen LogP contribution in [0.4, 0.5) is 0 Å². The Morgan fingerprint density at radius 3 is 2.57 bits per heavy atom. The highest BCUT2D eigenvalue weighted by Crippen LogP contribution is 2.23. The molecule has 2 aromatic carbocycles. The summed E-state index contributed by atoms with van der Waals surface area (Å²) in [7, 11) is 3.15. The van der Waals surface area contributed by atoms with Gasteiger partial charge in [-0.3, -0.25) is 9.59 Å². The monoisotopic (exact) mass is 485 g/mol. The zero-order valence-electron chi connectivity index (χ0n) is 16.1. The molecule has 0 spiro atoms. The van der Waals surface area contributed by atoms with Gasteiger partial charge in [0.25, 0.3) is 11.1 Å². The van der Waals surface area contributed by atoms with Crippen molar-refractivity contribution in [2.75, 3.05) is 14.2 Å². The van der Waals surface area contributed by atoms with Crippen molar-refractivity contribution in [3.63, 3.8) is 0 Å². The smallest absolute Gasteiger partial charge is 0.296 e. The van der Waals surface area contributed by atoms with Gasteiger partial charge in [-0.2, -0.15) is 14.6 Å². The van der Waals surface area contributed by atoms with Crippen LogP contribution in [-0.2, 0) is 6.42 Å². The largest absolute Gasteiger partial charge is 0.497 e. The fourth-order valence-corrected chi connectivity index (χ4v) is 4.22. The Balaban J connectivity index is 1.79. The van der Waals surface area contributed by atoms with Crippen molar-refractivity contribution in [1.29, 1.82) is 0 Å². The summed E-state index contributed by atoms with van der Waals surface area (Å²) in [6.07, 6.45) is 1.98. The van der Waals surface area contributed by atoms with Crippen LogP contribution >= 0.6 is 27.3 Å². The van der Waals surface area contributed by atoms with Gasteiger partial charge >= 0.3 is 0 Å². The standard InChI is InChI=1S/C21H16BrN3O4S/c1-28-15-6-3-12(4-7-15)9-16-19(26)23-21-25(24-16)20(27)18(30-21)11-13-10-14(22)5-8-17(13)29-2/h3-8,10-11H,9H2,1-2H3. The predicted molar refractivity (Wildman–Crippen MR) is 119 cm³/mol. The highest BCUT2D eigenvalue weighted by atomic mass is 79.9. The minimum atomic E-state index is -0.446. The molecule has 0 radical (unpaired) electrons. The van der Waals surface area contributed by atoms with Gasteiger partial charge in [0.2, 0.25) is 4.96 Å². The quantitative estimate of drug-likeness (QED) is 0.431. The number of thiazole rings is 1. The summed E-state index contributed by atoms with van der Waals surface area (Å²) < 4.78 is 13.0. The molecule has 0 saturated carbocycles. The molecule has 0 fully saturated rings. The number of nitrogens with zero attached hydrogens (tertiary/aromatic N) is 3. The van der Waals surface area contributed by atoms with E-state index in [1.807, 2.05) is 24.3 Å². The minimum Gasteiger partial charge on any atom is -0.497 e. The Labute approximate surface area is 183 Å². The second-order valence-corrected chi connectivity index (χ2v) is 8.31. The third-order valence-electron chi connectivity index (χ3n) is 4.46. The van der Waals surface area contributed by atoms with E-state index < -0.39 is 5.56 Å². The average Bonchev–Trinajstić information content (AvgIpc) is 3.03. The van der Waals surface area contributed by atoms with Crippen molar-refractivity contribution in [1.82, 2.24) is 14.6 Å². The van der Waals surface area contributed by atoms with Crippen LogP contribution < -0.4 is 25.1 Å². The molecule has 0 saturated heterocycles. The van der Waals surface area contributed by atoms with Gasteiger partial charge in [0.15, 0.2) is 0 Å². The zero-order valence-corrected chi connectivity index (χ0v) is 18.5. The Kier molecular flexibility index (Phi) is 5.65. The van der Waals surface area contributed by atoms with E-state index in [2.05, 4.69) is 26.0 Å². The lowest BCUT2D eigenvalue weighted by molar-refractivity contribution is 0.413. The number of rotatable bonds is 5. The summed E-state index contributed by atoms with van der Waals surface area (Å²) in [5, 5.41) is 4.28. The van der Waals surface area contributed by atoms with Crippen LogP contribution in [0, 0.1) is 0 Å². The maximum atomic E-state index is 12.9. The van der Waals surface area contributed by atoms with Crippen LogP contribution in [0.2, 0.25) is 0 Å². The maximum Gasteiger partial charge on any atom is 0.296 e. The molecule has 0 N–H and O–H groups in total. The van der Waals surface area contributed by atoms with Crippen molar-refractivity contribution in [2.24, 2.45) is 0 Å². The molecule has 2 heterocycles. The van der Waals surface area contributed by atoms with Crippen LogP contribution in [0.3, 0.4) is 0 Å². The topological polar surface area (TPSA) is 82.8 Å². The number of hydrogen-bond donors (Lipinski definition) is 0. The summed E-state index contributed by atoms with van der Waals surface area (Å²) in [6.45, 7) is 0. The molecule has 4 rings (SSSR count). The highest BCUT2D eigenvalue weighted by molar-refractivity contribution is 9.10. The summed E-state index contributed by atoms with van der Waals surface area (Å²) >= 11 is 4.53. The first-order valence-corrected chi connectivity index (χ1v) is 10.5. The van der Waals surface area contributed by atoms with Gasteiger partial charge in [-0.1, -0.05) is 39.4 Å². The molecule has 7 nitrogen and oxygen atoms in total. The lowest BCUT2D eigenvalue weighted by Gasteiger charge is -2.04. The number of hydrogen-bond acceptors (Lipinski definition) is 7. The molecule has 9 heteroatoms. The summed E-state index contributed by atoms with van der Waals surface area (Å²) in [5.74, 6) is 1.35.